The average molecular weight is 459 g/mol. The zero-order valence-electron chi connectivity index (χ0n) is 14.0. The highest BCUT2D eigenvalue weighted by atomic mass is 127. The van der Waals surface area contributed by atoms with Crippen LogP contribution in [0.3, 0.4) is 0 Å². The lowest BCUT2D eigenvalue weighted by Crippen LogP contribution is -2.28. The van der Waals surface area contributed by atoms with Crippen LogP contribution in [0.4, 0.5) is 10.3 Å². The van der Waals surface area contributed by atoms with Crippen LogP contribution in [0, 0.1) is 9.39 Å². The quantitative estimate of drug-likeness (QED) is 0.624. The summed E-state index contributed by atoms with van der Waals surface area (Å²) >= 11 is 2.09. The van der Waals surface area contributed by atoms with Crippen molar-refractivity contribution in [2.75, 3.05) is 32.3 Å². The molecule has 3 rings (SSSR count). The first kappa shape index (κ1) is 18.1. The Bertz CT molecular complexity index is 757. The van der Waals surface area contributed by atoms with Crippen molar-refractivity contribution in [2.24, 2.45) is 0 Å². The number of methoxy groups -OCH3 is 2. The summed E-state index contributed by atoms with van der Waals surface area (Å²) in [5, 5.41) is 0. The number of ether oxygens (including phenoxy) is 2. The van der Waals surface area contributed by atoms with Crippen molar-refractivity contribution in [1.82, 2.24) is 9.55 Å². The van der Waals surface area contributed by atoms with Gasteiger partial charge in [0.15, 0.2) is 0 Å². The molecule has 0 N–H and O–H groups in total. The third-order valence-electron chi connectivity index (χ3n) is 4.29. The molecule has 134 valence electrons. The molecule has 1 saturated heterocycles. The second-order valence-electron chi connectivity index (χ2n) is 5.82. The van der Waals surface area contributed by atoms with E-state index in [-0.39, 0.29) is 24.1 Å². The first-order valence-corrected chi connectivity index (χ1v) is 8.96. The first-order valence-electron chi connectivity index (χ1n) is 7.88. The van der Waals surface area contributed by atoms with Gasteiger partial charge in [-0.25, -0.2) is 9.37 Å². The topological polar surface area (TPSA) is 56.6 Å². The van der Waals surface area contributed by atoms with E-state index in [2.05, 4.69) is 27.6 Å². The van der Waals surface area contributed by atoms with Gasteiger partial charge in [-0.15, -0.1) is 0 Å². The maximum atomic E-state index is 14.5. The fraction of sp³-hybridized carbons (Fsp3) is 0.412. The summed E-state index contributed by atoms with van der Waals surface area (Å²) in [4.78, 5) is 18.4. The standard InChI is InChI=1S/C17H19FIN3O3/c1-24-6-5-21-4-3-20-17(21)22-10-11(7-15(22)23)16-13(18)8-12(25-2)9-14(16)19/h3-4,8-9,11H,5-7,10H2,1-2H3/t11-/m0/s1. The van der Waals surface area contributed by atoms with Gasteiger partial charge >= 0.3 is 0 Å². The highest BCUT2D eigenvalue weighted by Gasteiger charge is 2.36. The van der Waals surface area contributed by atoms with Crippen molar-refractivity contribution < 1.29 is 18.7 Å². The molecule has 2 aromatic rings. The number of hydrogen-bond donors (Lipinski definition) is 0. The van der Waals surface area contributed by atoms with E-state index >= 15 is 0 Å². The van der Waals surface area contributed by atoms with E-state index in [1.807, 2.05) is 10.8 Å². The number of rotatable bonds is 6. The molecule has 0 aliphatic carbocycles. The molecule has 0 unspecified atom stereocenters. The summed E-state index contributed by atoms with van der Waals surface area (Å²) in [6.07, 6.45) is 3.73. The molecule has 1 aromatic heterocycles. The summed E-state index contributed by atoms with van der Waals surface area (Å²) in [6, 6.07) is 3.15. The fourth-order valence-electron chi connectivity index (χ4n) is 3.07. The molecular formula is C17H19FIN3O3. The van der Waals surface area contributed by atoms with Gasteiger partial charge in [0.1, 0.15) is 11.6 Å². The second kappa shape index (κ2) is 7.69. The van der Waals surface area contributed by atoms with Crippen LogP contribution < -0.4 is 9.64 Å². The monoisotopic (exact) mass is 459 g/mol. The summed E-state index contributed by atoms with van der Waals surface area (Å²) in [5.74, 6) is 0.445. The van der Waals surface area contributed by atoms with Crippen LogP contribution in [0.2, 0.25) is 0 Å². The summed E-state index contributed by atoms with van der Waals surface area (Å²) < 4.78 is 27.4. The number of aromatic nitrogens is 2. The molecule has 1 aromatic carbocycles. The lowest BCUT2D eigenvalue weighted by molar-refractivity contribution is -0.117. The number of carbonyl (C=O) groups is 1. The minimum absolute atomic E-state index is 0.0547. The van der Waals surface area contributed by atoms with Crippen molar-refractivity contribution in [3.05, 3.63) is 39.5 Å². The van der Waals surface area contributed by atoms with Crippen LogP contribution in [-0.4, -0.2) is 42.8 Å². The molecule has 1 aliphatic heterocycles. The number of halogens is 2. The van der Waals surface area contributed by atoms with E-state index in [4.69, 9.17) is 9.47 Å². The largest absolute Gasteiger partial charge is 0.497 e. The highest BCUT2D eigenvalue weighted by Crippen LogP contribution is 2.36. The minimum Gasteiger partial charge on any atom is -0.497 e. The Morgan fingerprint density at radius 3 is 2.88 bits per heavy atom. The van der Waals surface area contributed by atoms with E-state index in [9.17, 15) is 9.18 Å². The number of carbonyl (C=O) groups excluding carboxylic acids is 1. The van der Waals surface area contributed by atoms with Crippen molar-refractivity contribution in [3.63, 3.8) is 0 Å². The van der Waals surface area contributed by atoms with Crippen LogP contribution in [0.5, 0.6) is 5.75 Å². The van der Waals surface area contributed by atoms with Crippen LogP contribution in [0.25, 0.3) is 0 Å². The zero-order valence-corrected chi connectivity index (χ0v) is 16.2. The van der Waals surface area contributed by atoms with Gasteiger partial charge in [0.25, 0.3) is 0 Å². The molecule has 1 atom stereocenters. The molecule has 0 bridgehead atoms. The number of nitrogens with zero attached hydrogens (tertiary/aromatic N) is 3. The van der Waals surface area contributed by atoms with Gasteiger partial charge in [-0.05, 0) is 28.7 Å². The fourth-order valence-corrected chi connectivity index (χ4v) is 4.08. The predicted octanol–water partition coefficient (Wildman–Crippen LogP) is 2.80. The number of anilines is 1. The van der Waals surface area contributed by atoms with Crippen LogP contribution >= 0.6 is 22.6 Å². The molecule has 0 saturated carbocycles. The van der Waals surface area contributed by atoms with Gasteiger partial charge in [-0.1, -0.05) is 0 Å². The van der Waals surface area contributed by atoms with E-state index in [0.29, 0.717) is 37.0 Å². The number of amides is 1. The molecule has 6 nitrogen and oxygen atoms in total. The Hall–Kier alpha value is -1.68. The first-order chi connectivity index (χ1) is 12.0. The Kier molecular flexibility index (Phi) is 5.57. The van der Waals surface area contributed by atoms with E-state index in [0.717, 1.165) is 3.57 Å². The van der Waals surface area contributed by atoms with Crippen molar-refractivity contribution in [2.45, 2.75) is 18.9 Å². The predicted molar refractivity (Wildman–Crippen MR) is 99.5 cm³/mol. The number of imidazole rings is 1. The van der Waals surface area contributed by atoms with Crippen LogP contribution in [0.1, 0.15) is 17.9 Å². The molecule has 2 heterocycles. The Morgan fingerprint density at radius 1 is 1.40 bits per heavy atom. The van der Waals surface area contributed by atoms with Crippen LogP contribution in [0.15, 0.2) is 24.5 Å². The molecule has 1 aliphatic rings. The molecule has 8 heteroatoms. The maximum Gasteiger partial charge on any atom is 0.230 e. The third kappa shape index (κ3) is 3.64. The molecule has 0 spiro atoms. The Morgan fingerprint density at radius 2 is 2.20 bits per heavy atom. The minimum atomic E-state index is -0.342. The zero-order chi connectivity index (χ0) is 18.0. The summed E-state index contributed by atoms with van der Waals surface area (Å²) in [7, 11) is 3.13. The van der Waals surface area contributed by atoms with Crippen molar-refractivity contribution in [3.8, 4) is 5.75 Å². The van der Waals surface area contributed by atoms with Crippen molar-refractivity contribution >= 4 is 34.4 Å². The van der Waals surface area contributed by atoms with Crippen LogP contribution in [-0.2, 0) is 16.1 Å². The molecule has 1 amide bonds. The third-order valence-corrected chi connectivity index (χ3v) is 5.19. The molecule has 25 heavy (non-hydrogen) atoms. The Labute approximate surface area is 159 Å². The van der Waals surface area contributed by atoms with E-state index in [1.54, 1.807) is 24.3 Å². The summed E-state index contributed by atoms with van der Waals surface area (Å²) in [5.41, 5.74) is 0.562. The Balaban J connectivity index is 1.85. The molecule has 1 fully saturated rings. The van der Waals surface area contributed by atoms with Gasteiger partial charge in [0.05, 0.1) is 13.7 Å². The lowest BCUT2D eigenvalue weighted by atomic mass is 9.97. The van der Waals surface area contributed by atoms with Gasteiger partial charge < -0.3 is 14.0 Å². The van der Waals surface area contributed by atoms with Gasteiger partial charge in [-0.2, -0.15) is 0 Å². The van der Waals surface area contributed by atoms with Crippen molar-refractivity contribution in [1.29, 1.82) is 0 Å². The summed E-state index contributed by atoms with van der Waals surface area (Å²) in [6.45, 7) is 1.54. The van der Waals surface area contributed by atoms with Gasteiger partial charge in [-0.3, -0.25) is 9.69 Å². The van der Waals surface area contributed by atoms with Gasteiger partial charge in [0, 0.05) is 60.1 Å². The highest BCUT2D eigenvalue weighted by molar-refractivity contribution is 14.1. The SMILES string of the molecule is COCCn1ccnc1N1C[C@@H](c2c(F)cc(OC)cc2I)CC1=O. The maximum absolute atomic E-state index is 14.5. The van der Waals surface area contributed by atoms with E-state index in [1.165, 1.54) is 13.2 Å². The normalized spacial score (nSPS) is 17.4. The molecular weight excluding hydrogens is 440 g/mol. The average Bonchev–Trinajstić information content (AvgIpc) is 3.18. The smallest absolute Gasteiger partial charge is 0.230 e. The molecule has 0 radical (unpaired) electrons. The van der Waals surface area contributed by atoms with E-state index < -0.39 is 0 Å². The number of benzene rings is 1. The lowest BCUT2D eigenvalue weighted by Gasteiger charge is -2.18. The second-order valence-corrected chi connectivity index (χ2v) is 6.99. The number of hydrogen-bond acceptors (Lipinski definition) is 4. The van der Waals surface area contributed by atoms with Gasteiger partial charge in [0.2, 0.25) is 11.9 Å².